The van der Waals surface area contributed by atoms with Gasteiger partial charge in [0.15, 0.2) is 5.60 Å². The Morgan fingerprint density at radius 3 is 1.90 bits per heavy atom. The molecule has 4 bridgehead atoms. The summed E-state index contributed by atoms with van der Waals surface area (Å²) in [4.78, 5) is 12.1. The van der Waals surface area contributed by atoms with Gasteiger partial charge in [-0.3, -0.25) is 0 Å². The topological polar surface area (TPSA) is 57.5 Å². The predicted octanol–water partition coefficient (Wildman–Crippen LogP) is 3.18. The SMILES string of the molecule is O=C(O)C(O)(c1ccccc1)C12CC3CC(CC(C3)C1)C2. The van der Waals surface area contributed by atoms with E-state index < -0.39 is 17.0 Å². The molecule has 1 aromatic rings. The van der Waals surface area contributed by atoms with E-state index in [4.69, 9.17) is 0 Å². The van der Waals surface area contributed by atoms with Gasteiger partial charge in [-0.05, 0) is 61.8 Å². The molecule has 0 saturated heterocycles. The van der Waals surface area contributed by atoms with Crippen LogP contribution in [0.1, 0.15) is 44.1 Å². The van der Waals surface area contributed by atoms with Crippen molar-refractivity contribution in [2.75, 3.05) is 0 Å². The van der Waals surface area contributed by atoms with Crippen molar-refractivity contribution in [1.82, 2.24) is 0 Å². The first-order chi connectivity index (χ1) is 10.0. The van der Waals surface area contributed by atoms with E-state index in [9.17, 15) is 15.0 Å². The molecule has 0 spiro atoms. The van der Waals surface area contributed by atoms with Crippen LogP contribution in [0.5, 0.6) is 0 Å². The molecule has 21 heavy (non-hydrogen) atoms. The summed E-state index contributed by atoms with van der Waals surface area (Å²) < 4.78 is 0. The van der Waals surface area contributed by atoms with Crippen LogP contribution < -0.4 is 0 Å². The third-order valence-corrected chi connectivity index (χ3v) is 6.31. The minimum Gasteiger partial charge on any atom is -0.479 e. The van der Waals surface area contributed by atoms with E-state index in [0.29, 0.717) is 23.3 Å². The van der Waals surface area contributed by atoms with Crippen LogP contribution in [-0.2, 0) is 10.4 Å². The van der Waals surface area contributed by atoms with E-state index in [2.05, 4.69) is 0 Å². The Balaban J connectivity index is 1.83. The fourth-order valence-electron chi connectivity index (χ4n) is 5.89. The first-order valence-corrected chi connectivity index (χ1v) is 8.05. The fourth-order valence-corrected chi connectivity index (χ4v) is 5.89. The highest BCUT2D eigenvalue weighted by Gasteiger charge is 2.63. The summed E-state index contributed by atoms with van der Waals surface area (Å²) in [5.41, 5.74) is -1.64. The molecule has 0 heterocycles. The number of rotatable bonds is 3. The van der Waals surface area contributed by atoms with Crippen LogP contribution >= 0.6 is 0 Å². The second-order valence-electron chi connectivity index (χ2n) is 7.58. The second kappa shape index (κ2) is 4.33. The van der Waals surface area contributed by atoms with Crippen molar-refractivity contribution in [3.63, 3.8) is 0 Å². The number of benzene rings is 1. The highest BCUT2D eigenvalue weighted by Crippen LogP contribution is 2.65. The van der Waals surface area contributed by atoms with Crippen LogP contribution in [0.15, 0.2) is 30.3 Å². The Labute approximate surface area is 125 Å². The van der Waals surface area contributed by atoms with Crippen molar-refractivity contribution < 1.29 is 15.0 Å². The molecule has 112 valence electrons. The molecule has 4 saturated carbocycles. The molecular formula is C18H22O3. The highest BCUT2D eigenvalue weighted by molar-refractivity contribution is 5.80. The molecule has 0 amide bonds. The average molecular weight is 286 g/mol. The van der Waals surface area contributed by atoms with Gasteiger partial charge in [0.25, 0.3) is 0 Å². The summed E-state index contributed by atoms with van der Waals surface area (Å²) >= 11 is 0. The Hall–Kier alpha value is -1.35. The summed E-state index contributed by atoms with van der Waals surface area (Å²) in [6.45, 7) is 0. The standard InChI is InChI=1S/C18H22O3/c19-16(20)18(21,15-4-2-1-3-5-15)17-9-12-6-13(10-17)8-14(7-12)11-17/h1-5,12-14,21H,6-11H2,(H,19,20). The molecule has 5 rings (SSSR count). The van der Waals surface area contributed by atoms with Gasteiger partial charge in [0, 0.05) is 5.41 Å². The number of carbonyl (C=O) groups is 1. The van der Waals surface area contributed by atoms with Gasteiger partial charge < -0.3 is 10.2 Å². The average Bonchev–Trinajstić information content (AvgIpc) is 2.45. The first kappa shape index (κ1) is 13.3. The summed E-state index contributed by atoms with van der Waals surface area (Å²) in [6.07, 6.45) is 6.33. The number of hydrogen-bond donors (Lipinski definition) is 2. The summed E-state index contributed by atoms with van der Waals surface area (Å²) in [6, 6.07) is 9.05. The molecule has 0 radical (unpaired) electrons. The van der Waals surface area contributed by atoms with Crippen LogP contribution in [0.2, 0.25) is 0 Å². The molecule has 1 aromatic carbocycles. The second-order valence-corrected chi connectivity index (χ2v) is 7.58. The first-order valence-electron chi connectivity index (χ1n) is 8.05. The van der Waals surface area contributed by atoms with E-state index >= 15 is 0 Å². The van der Waals surface area contributed by atoms with E-state index in [1.807, 2.05) is 18.2 Å². The zero-order chi connectivity index (χ0) is 14.7. The smallest absolute Gasteiger partial charge is 0.340 e. The zero-order valence-electron chi connectivity index (χ0n) is 12.2. The lowest BCUT2D eigenvalue weighted by atomic mass is 9.44. The van der Waals surface area contributed by atoms with Crippen molar-refractivity contribution in [1.29, 1.82) is 0 Å². The fraction of sp³-hybridized carbons (Fsp3) is 0.611. The van der Waals surface area contributed by atoms with Crippen LogP contribution in [0.25, 0.3) is 0 Å². The lowest BCUT2D eigenvalue weighted by Gasteiger charge is -2.60. The molecule has 3 heteroatoms. The molecule has 4 aliphatic carbocycles. The third kappa shape index (κ3) is 1.73. The van der Waals surface area contributed by atoms with Gasteiger partial charge in [-0.25, -0.2) is 4.79 Å². The Kier molecular flexibility index (Phi) is 2.74. The maximum absolute atomic E-state index is 12.1. The van der Waals surface area contributed by atoms with Crippen molar-refractivity contribution in [2.45, 2.75) is 44.1 Å². The van der Waals surface area contributed by atoms with Crippen LogP contribution in [-0.4, -0.2) is 16.2 Å². The molecule has 4 fully saturated rings. The maximum Gasteiger partial charge on any atom is 0.340 e. The Morgan fingerprint density at radius 1 is 1.00 bits per heavy atom. The summed E-state index contributed by atoms with van der Waals surface area (Å²) in [7, 11) is 0. The van der Waals surface area contributed by atoms with Crippen LogP contribution in [0.3, 0.4) is 0 Å². The van der Waals surface area contributed by atoms with Crippen molar-refractivity contribution >= 4 is 5.97 Å². The van der Waals surface area contributed by atoms with Gasteiger partial charge in [0.1, 0.15) is 0 Å². The van der Waals surface area contributed by atoms with Gasteiger partial charge >= 0.3 is 5.97 Å². The third-order valence-electron chi connectivity index (χ3n) is 6.31. The molecule has 1 atom stereocenters. The number of aliphatic carboxylic acids is 1. The normalized spacial score (nSPS) is 40.0. The summed E-state index contributed by atoms with van der Waals surface area (Å²) in [5.74, 6) is 0.776. The molecular weight excluding hydrogens is 264 g/mol. The Bertz CT molecular complexity index is 530. The van der Waals surface area contributed by atoms with Crippen molar-refractivity contribution in [3.05, 3.63) is 35.9 Å². The summed E-state index contributed by atoms with van der Waals surface area (Å²) in [5, 5.41) is 21.2. The highest BCUT2D eigenvalue weighted by atomic mass is 16.4. The van der Waals surface area contributed by atoms with Crippen LogP contribution in [0, 0.1) is 23.2 Å². The van der Waals surface area contributed by atoms with Crippen LogP contribution in [0.4, 0.5) is 0 Å². The molecule has 4 aliphatic rings. The lowest BCUT2D eigenvalue weighted by Crippen LogP contribution is -2.60. The number of carboxylic acids is 1. The predicted molar refractivity (Wildman–Crippen MR) is 78.6 cm³/mol. The molecule has 3 nitrogen and oxygen atoms in total. The minimum absolute atomic E-state index is 0.463. The van der Waals surface area contributed by atoms with E-state index in [0.717, 1.165) is 19.3 Å². The van der Waals surface area contributed by atoms with E-state index in [1.165, 1.54) is 19.3 Å². The maximum atomic E-state index is 12.1. The quantitative estimate of drug-likeness (QED) is 0.897. The molecule has 2 N–H and O–H groups in total. The lowest BCUT2D eigenvalue weighted by molar-refractivity contribution is -0.208. The van der Waals surface area contributed by atoms with Gasteiger partial charge in [0.05, 0.1) is 0 Å². The number of carboxylic acid groups (broad SMARTS) is 1. The van der Waals surface area contributed by atoms with E-state index in [-0.39, 0.29) is 0 Å². The van der Waals surface area contributed by atoms with Gasteiger partial charge in [-0.15, -0.1) is 0 Å². The van der Waals surface area contributed by atoms with Crippen molar-refractivity contribution in [3.8, 4) is 0 Å². The minimum atomic E-state index is -1.73. The molecule has 1 unspecified atom stereocenters. The number of aliphatic hydroxyl groups is 1. The molecule has 0 aromatic heterocycles. The Morgan fingerprint density at radius 2 is 1.48 bits per heavy atom. The van der Waals surface area contributed by atoms with Gasteiger partial charge in [-0.1, -0.05) is 30.3 Å². The molecule has 0 aliphatic heterocycles. The number of hydrogen-bond acceptors (Lipinski definition) is 2. The van der Waals surface area contributed by atoms with Gasteiger partial charge in [-0.2, -0.15) is 0 Å². The largest absolute Gasteiger partial charge is 0.479 e. The monoisotopic (exact) mass is 286 g/mol. The van der Waals surface area contributed by atoms with E-state index in [1.54, 1.807) is 12.1 Å². The zero-order valence-corrected chi connectivity index (χ0v) is 12.2. The van der Waals surface area contributed by atoms with Gasteiger partial charge in [0.2, 0.25) is 0 Å². The van der Waals surface area contributed by atoms with Crippen molar-refractivity contribution in [2.24, 2.45) is 23.2 Å².